The minimum absolute atomic E-state index is 0.189. The van der Waals surface area contributed by atoms with Gasteiger partial charge in [-0.2, -0.15) is 4.98 Å². The molecule has 1 aromatic carbocycles. The van der Waals surface area contributed by atoms with Crippen molar-refractivity contribution < 1.29 is 0 Å². The number of rotatable bonds is 2. The summed E-state index contributed by atoms with van der Waals surface area (Å²) in [5, 5.41) is 3.87. The van der Waals surface area contributed by atoms with Crippen LogP contribution < -0.4 is 11.1 Å². The summed E-state index contributed by atoms with van der Waals surface area (Å²) < 4.78 is 0.733. The topological polar surface area (TPSA) is 63.8 Å². The first-order valence-corrected chi connectivity index (χ1v) is 6.12. The first-order chi connectivity index (χ1) is 8.08. The summed E-state index contributed by atoms with van der Waals surface area (Å²) >= 11 is 15.4. The summed E-state index contributed by atoms with van der Waals surface area (Å²) in [5.74, 6) is 0.743. The molecule has 0 unspecified atom stereocenters. The first-order valence-electron chi connectivity index (χ1n) is 4.57. The van der Waals surface area contributed by atoms with Gasteiger partial charge < -0.3 is 11.1 Å². The number of nitrogens with one attached hydrogen (secondary N) is 1. The summed E-state index contributed by atoms with van der Waals surface area (Å²) in [6.45, 7) is 0. The number of halogens is 3. The Morgan fingerprint density at radius 2 is 1.94 bits per heavy atom. The van der Waals surface area contributed by atoms with Crippen LogP contribution in [0.5, 0.6) is 0 Å². The molecule has 0 aliphatic rings. The van der Waals surface area contributed by atoms with Crippen LogP contribution in [0.3, 0.4) is 0 Å². The monoisotopic (exact) mass is 332 g/mol. The second kappa shape index (κ2) is 5.08. The second-order valence-electron chi connectivity index (χ2n) is 3.15. The van der Waals surface area contributed by atoms with Gasteiger partial charge in [-0.15, -0.1) is 0 Å². The Hall–Kier alpha value is -1.04. The Morgan fingerprint density at radius 1 is 1.18 bits per heavy atom. The molecular weight excluding hydrogens is 327 g/mol. The Morgan fingerprint density at radius 3 is 2.65 bits per heavy atom. The zero-order chi connectivity index (χ0) is 12.4. The third-order valence-corrected chi connectivity index (χ3v) is 3.74. The van der Waals surface area contributed by atoms with Gasteiger partial charge >= 0.3 is 0 Å². The Kier molecular flexibility index (Phi) is 3.71. The van der Waals surface area contributed by atoms with Gasteiger partial charge in [0, 0.05) is 10.7 Å². The molecule has 0 fully saturated rings. The van der Waals surface area contributed by atoms with Gasteiger partial charge in [0.2, 0.25) is 5.95 Å². The predicted molar refractivity (Wildman–Crippen MR) is 73.9 cm³/mol. The molecule has 0 amide bonds. The van der Waals surface area contributed by atoms with E-state index in [1.165, 1.54) is 0 Å². The van der Waals surface area contributed by atoms with Crippen LogP contribution in [-0.2, 0) is 0 Å². The van der Waals surface area contributed by atoms with E-state index in [1.54, 1.807) is 24.4 Å². The average molecular weight is 334 g/mol. The lowest BCUT2D eigenvalue weighted by atomic mass is 10.3. The fourth-order valence-electron chi connectivity index (χ4n) is 1.20. The van der Waals surface area contributed by atoms with Crippen LogP contribution in [0.4, 0.5) is 17.5 Å². The van der Waals surface area contributed by atoms with Crippen molar-refractivity contribution in [2.45, 2.75) is 0 Å². The molecule has 7 heteroatoms. The molecule has 0 saturated heterocycles. The summed E-state index contributed by atoms with van der Waals surface area (Å²) in [5.41, 5.74) is 6.13. The number of hydrogen-bond donors (Lipinski definition) is 2. The molecule has 1 aromatic heterocycles. The molecule has 2 aromatic rings. The zero-order valence-electron chi connectivity index (χ0n) is 8.42. The number of anilines is 3. The van der Waals surface area contributed by atoms with E-state index in [4.69, 9.17) is 28.9 Å². The molecule has 2 rings (SSSR count). The van der Waals surface area contributed by atoms with Gasteiger partial charge in [-0.3, -0.25) is 0 Å². The smallest absolute Gasteiger partial charge is 0.221 e. The molecule has 0 aliphatic carbocycles. The van der Waals surface area contributed by atoms with E-state index >= 15 is 0 Å². The number of nitrogens with zero attached hydrogens (tertiary/aromatic N) is 2. The van der Waals surface area contributed by atoms with Gasteiger partial charge in [-0.25, -0.2) is 4.98 Å². The van der Waals surface area contributed by atoms with Gasteiger partial charge in [0.15, 0.2) is 0 Å². The van der Waals surface area contributed by atoms with Crippen LogP contribution in [0, 0.1) is 0 Å². The van der Waals surface area contributed by atoms with Crippen LogP contribution in [-0.4, -0.2) is 9.97 Å². The Balaban J connectivity index is 2.34. The number of nitrogen functional groups attached to an aromatic ring is 1. The minimum Gasteiger partial charge on any atom is -0.368 e. The summed E-state index contributed by atoms with van der Waals surface area (Å²) in [4.78, 5) is 7.80. The Bertz CT molecular complexity index is 562. The van der Waals surface area contributed by atoms with E-state index < -0.39 is 0 Å². The molecule has 0 aliphatic heterocycles. The van der Waals surface area contributed by atoms with Crippen molar-refractivity contribution in [3.8, 4) is 0 Å². The lowest BCUT2D eigenvalue weighted by molar-refractivity contribution is 1.18. The lowest BCUT2D eigenvalue weighted by Crippen LogP contribution is -1.99. The maximum atomic E-state index is 6.09. The summed E-state index contributed by atoms with van der Waals surface area (Å²) in [6.07, 6.45) is 1.55. The quantitative estimate of drug-likeness (QED) is 0.819. The van der Waals surface area contributed by atoms with E-state index in [2.05, 4.69) is 31.2 Å². The molecular formula is C10H7BrCl2N4. The van der Waals surface area contributed by atoms with Gasteiger partial charge in [0.05, 0.1) is 15.7 Å². The van der Waals surface area contributed by atoms with Crippen LogP contribution in [0.2, 0.25) is 10.0 Å². The van der Waals surface area contributed by atoms with Crippen LogP contribution in [0.25, 0.3) is 0 Å². The molecule has 4 nitrogen and oxygen atoms in total. The maximum absolute atomic E-state index is 6.09. The highest BCUT2D eigenvalue weighted by molar-refractivity contribution is 9.10. The van der Waals surface area contributed by atoms with E-state index in [9.17, 15) is 0 Å². The van der Waals surface area contributed by atoms with Gasteiger partial charge in [-0.05, 0) is 34.1 Å². The number of hydrogen-bond acceptors (Lipinski definition) is 4. The molecule has 0 spiro atoms. The normalized spacial score (nSPS) is 10.3. The average Bonchev–Trinajstić information content (AvgIpc) is 2.30. The molecule has 1 heterocycles. The predicted octanol–water partition coefficient (Wildman–Crippen LogP) is 3.87. The third kappa shape index (κ3) is 2.80. The number of aromatic nitrogens is 2. The van der Waals surface area contributed by atoms with Crippen molar-refractivity contribution in [1.29, 1.82) is 0 Å². The number of benzene rings is 1. The van der Waals surface area contributed by atoms with Crippen molar-refractivity contribution in [3.63, 3.8) is 0 Å². The highest BCUT2D eigenvalue weighted by Crippen LogP contribution is 2.36. The molecule has 17 heavy (non-hydrogen) atoms. The molecule has 0 atom stereocenters. The van der Waals surface area contributed by atoms with Crippen molar-refractivity contribution in [2.24, 2.45) is 0 Å². The molecule has 0 saturated carbocycles. The number of nitrogens with two attached hydrogens (primary N) is 1. The van der Waals surface area contributed by atoms with E-state index in [-0.39, 0.29) is 5.95 Å². The molecule has 88 valence electrons. The van der Waals surface area contributed by atoms with Gasteiger partial charge in [-0.1, -0.05) is 23.2 Å². The van der Waals surface area contributed by atoms with Crippen molar-refractivity contribution in [2.75, 3.05) is 11.1 Å². The summed E-state index contributed by atoms with van der Waals surface area (Å²) in [7, 11) is 0. The molecule has 0 radical (unpaired) electrons. The lowest BCUT2D eigenvalue weighted by Gasteiger charge is -2.09. The first kappa shape index (κ1) is 12.4. The maximum Gasteiger partial charge on any atom is 0.221 e. The van der Waals surface area contributed by atoms with E-state index in [0.29, 0.717) is 21.6 Å². The molecule has 3 N–H and O–H groups in total. The third-order valence-electron chi connectivity index (χ3n) is 1.97. The summed E-state index contributed by atoms with van der Waals surface area (Å²) in [6, 6.07) is 5.26. The SMILES string of the molecule is Nc1nccc(Nc2ccc(Br)c(Cl)c2Cl)n1. The fraction of sp³-hybridized carbons (Fsp3) is 0. The van der Waals surface area contributed by atoms with E-state index in [1.807, 2.05) is 0 Å². The fourth-order valence-corrected chi connectivity index (χ4v) is 2.03. The highest BCUT2D eigenvalue weighted by atomic mass is 79.9. The van der Waals surface area contributed by atoms with Crippen LogP contribution in [0.15, 0.2) is 28.9 Å². The van der Waals surface area contributed by atoms with E-state index in [0.717, 1.165) is 4.47 Å². The van der Waals surface area contributed by atoms with Crippen molar-refractivity contribution >= 4 is 56.6 Å². The largest absolute Gasteiger partial charge is 0.368 e. The van der Waals surface area contributed by atoms with Crippen LogP contribution in [0.1, 0.15) is 0 Å². The van der Waals surface area contributed by atoms with Gasteiger partial charge in [0.25, 0.3) is 0 Å². The standard InChI is InChI=1S/C10H7BrCl2N4/c11-5-1-2-6(9(13)8(5)12)16-7-3-4-15-10(14)17-7/h1-4H,(H3,14,15,16,17). The Labute approximate surface area is 116 Å². The second-order valence-corrected chi connectivity index (χ2v) is 4.76. The highest BCUT2D eigenvalue weighted by Gasteiger charge is 2.09. The van der Waals surface area contributed by atoms with Crippen molar-refractivity contribution in [3.05, 3.63) is 38.9 Å². The van der Waals surface area contributed by atoms with Crippen molar-refractivity contribution in [1.82, 2.24) is 9.97 Å². The molecule has 0 bridgehead atoms. The minimum atomic E-state index is 0.189. The van der Waals surface area contributed by atoms with Gasteiger partial charge in [0.1, 0.15) is 5.82 Å². The van der Waals surface area contributed by atoms with Crippen LogP contribution >= 0.6 is 39.1 Å². The zero-order valence-corrected chi connectivity index (χ0v) is 11.5.